The maximum atomic E-state index is 12.0. The number of hydrogen-bond acceptors (Lipinski definition) is 2. The van der Waals surface area contributed by atoms with E-state index in [1.54, 1.807) is 13.8 Å². The molecule has 2 nitrogen and oxygen atoms in total. The van der Waals surface area contributed by atoms with E-state index in [4.69, 9.17) is 0 Å². The summed E-state index contributed by atoms with van der Waals surface area (Å²) in [7, 11) is -3.03. The van der Waals surface area contributed by atoms with E-state index >= 15 is 0 Å². The number of hydrogen-bond donors (Lipinski definition) is 0. The molecule has 0 saturated carbocycles. The molecule has 24 heavy (non-hydrogen) atoms. The zero-order valence-electron chi connectivity index (χ0n) is 15.0. The quantitative estimate of drug-likeness (QED) is 0.692. The molecule has 2 aromatic rings. The third-order valence-electron chi connectivity index (χ3n) is 4.37. The molecule has 2 aromatic carbocycles. The standard InChI is InChI=1S/C21H28O2S/c1-4-5-18-6-8-19(9-7-18)10-11-20-12-14-21(15-13-20)16-24(22,23)17(2)3/h6-9,12-15,17H,4-5,10-11,16H2,1-3H3. The predicted octanol–water partition coefficient (Wildman–Crippen LogP) is 4.75. The van der Waals surface area contributed by atoms with Gasteiger partial charge in [-0.2, -0.15) is 0 Å². The molecule has 0 amide bonds. The van der Waals surface area contributed by atoms with E-state index in [-0.39, 0.29) is 11.0 Å². The SMILES string of the molecule is CCCc1ccc(CCc2ccc(CS(=O)(=O)C(C)C)cc2)cc1. The Bertz CT molecular complexity index is 726. The molecule has 0 spiro atoms. The van der Waals surface area contributed by atoms with Crippen LogP contribution in [0.2, 0.25) is 0 Å². The highest BCUT2D eigenvalue weighted by molar-refractivity contribution is 7.91. The van der Waals surface area contributed by atoms with Crippen LogP contribution in [0.15, 0.2) is 48.5 Å². The largest absolute Gasteiger partial charge is 0.228 e. The van der Waals surface area contributed by atoms with Crippen LogP contribution in [-0.2, 0) is 34.9 Å². The highest BCUT2D eigenvalue weighted by Crippen LogP contribution is 2.14. The lowest BCUT2D eigenvalue weighted by Gasteiger charge is -2.09. The zero-order valence-corrected chi connectivity index (χ0v) is 15.8. The second-order valence-electron chi connectivity index (χ2n) is 6.74. The number of benzene rings is 2. The fourth-order valence-corrected chi connectivity index (χ4v) is 3.64. The van der Waals surface area contributed by atoms with Crippen LogP contribution in [0.3, 0.4) is 0 Å². The molecule has 130 valence electrons. The van der Waals surface area contributed by atoms with Gasteiger partial charge in [0.25, 0.3) is 0 Å². The van der Waals surface area contributed by atoms with Gasteiger partial charge in [-0.1, -0.05) is 61.9 Å². The van der Waals surface area contributed by atoms with Crippen molar-refractivity contribution in [2.45, 2.75) is 57.5 Å². The first-order valence-corrected chi connectivity index (χ1v) is 10.5. The minimum absolute atomic E-state index is 0.129. The highest BCUT2D eigenvalue weighted by atomic mass is 32.2. The van der Waals surface area contributed by atoms with Crippen molar-refractivity contribution in [3.8, 4) is 0 Å². The smallest absolute Gasteiger partial charge is 0.156 e. The van der Waals surface area contributed by atoms with Crippen LogP contribution in [-0.4, -0.2) is 13.7 Å². The first kappa shape index (κ1) is 18.7. The van der Waals surface area contributed by atoms with Crippen molar-refractivity contribution in [1.29, 1.82) is 0 Å². The Hall–Kier alpha value is -1.61. The predicted molar refractivity (Wildman–Crippen MR) is 102 cm³/mol. The van der Waals surface area contributed by atoms with Crippen molar-refractivity contribution in [1.82, 2.24) is 0 Å². The molecule has 0 aliphatic heterocycles. The molecule has 0 unspecified atom stereocenters. The maximum absolute atomic E-state index is 12.0. The lowest BCUT2D eigenvalue weighted by Crippen LogP contribution is -2.15. The van der Waals surface area contributed by atoms with Gasteiger partial charge in [0.1, 0.15) is 0 Å². The van der Waals surface area contributed by atoms with E-state index in [9.17, 15) is 8.42 Å². The molecular formula is C21H28O2S. The summed E-state index contributed by atoms with van der Waals surface area (Å²) in [5.41, 5.74) is 4.87. The number of rotatable bonds is 8. The second kappa shape index (κ2) is 8.48. The highest BCUT2D eigenvalue weighted by Gasteiger charge is 2.16. The fourth-order valence-electron chi connectivity index (χ4n) is 2.65. The Kier molecular flexibility index (Phi) is 6.61. The van der Waals surface area contributed by atoms with E-state index in [0.717, 1.165) is 24.8 Å². The van der Waals surface area contributed by atoms with Crippen molar-refractivity contribution in [2.24, 2.45) is 0 Å². The monoisotopic (exact) mass is 344 g/mol. The summed E-state index contributed by atoms with van der Waals surface area (Å²) in [5.74, 6) is 0.129. The Morgan fingerprint density at radius 1 is 0.708 bits per heavy atom. The van der Waals surface area contributed by atoms with Crippen LogP contribution in [0, 0.1) is 0 Å². The molecule has 0 aromatic heterocycles. The lowest BCUT2D eigenvalue weighted by atomic mass is 10.0. The maximum Gasteiger partial charge on any atom is 0.156 e. The Labute approximate surface area is 146 Å². The van der Waals surface area contributed by atoms with Gasteiger partial charge in [0.05, 0.1) is 11.0 Å². The van der Waals surface area contributed by atoms with Crippen molar-refractivity contribution >= 4 is 9.84 Å². The van der Waals surface area contributed by atoms with Gasteiger partial charge in [0, 0.05) is 0 Å². The van der Waals surface area contributed by atoms with E-state index in [1.807, 2.05) is 12.1 Å². The van der Waals surface area contributed by atoms with Crippen molar-refractivity contribution in [2.75, 3.05) is 0 Å². The first-order chi connectivity index (χ1) is 11.4. The molecule has 0 bridgehead atoms. The molecule has 0 atom stereocenters. The van der Waals surface area contributed by atoms with Crippen molar-refractivity contribution < 1.29 is 8.42 Å². The molecule has 0 aliphatic rings. The second-order valence-corrected chi connectivity index (χ2v) is 9.30. The van der Waals surface area contributed by atoms with Crippen LogP contribution in [0.25, 0.3) is 0 Å². The average molecular weight is 345 g/mol. The summed E-state index contributed by atoms with van der Waals surface area (Å²) in [6.07, 6.45) is 4.31. The first-order valence-electron chi connectivity index (χ1n) is 8.78. The van der Waals surface area contributed by atoms with Gasteiger partial charge in [-0.15, -0.1) is 0 Å². The molecule has 2 rings (SSSR count). The molecule has 0 radical (unpaired) electrons. The summed E-state index contributed by atoms with van der Waals surface area (Å²) < 4.78 is 23.9. The molecule has 0 heterocycles. The Morgan fingerprint density at radius 3 is 1.46 bits per heavy atom. The molecule has 3 heteroatoms. The topological polar surface area (TPSA) is 34.1 Å². The third-order valence-corrected chi connectivity index (χ3v) is 6.55. The van der Waals surface area contributed by atoms with E-state index in [2.05, 4.69) is 43.3 Å². The van der Waals surface area contributed by atoms with Gasteiger partial charge in [-0.25, -0.2) is 8.42 Å². The zero-order chi connectivity index (χ0) is 17.6. The third kappa shape index (κ3) is 5.48. The van der Waals surface area contributed by atoms with E-state index in [0.29, 0.717) is 0 Å². The molecular weight excluding hydrogens is 316 g/mol. The summed E-state index contributed by atoms with van der Waals surface area (Å²) in [5, 5.41) is -0.326. The molecule has 0 N–H and O–H groups in total. The van der Waals surface area contributed by atoms with Gasteiger partial charge in [0.15, 0.2) is 9.84 Å². The Morgan fingerprint density at radius 2 is 1.08 bits per heavy atom. The Balaban J connectivity index is 1.92. The van der Waals surface area contributed by atoms with Gasteiger partial charge >= 0.3 is 0 Å². The van der Waals surface area contributed by atoms with Crippen LogP contribution in [0.4, 0.5) is 0 Å². The van der Waals surface area contributed by atoms with Gasteiger partial charge < -0.3 is 0 Å². The lowest BCUT2D eigenvalue weighted by molar-refractivity contribution is 0.586. The fraction of sp³-hybridized carbons (Fsp3) is 0.429. The normalized spacial score (nSPS) is 11.8. The van der Waals surface area contributed by atoms with Crippen LogP contribution >= 0.6 is 0 Å². The number of aryl methyl sites for hydroxylation is 3. The molecule has 0 aliphatic carbocycles. The van der Waals surface area contributed by atoms with Crippen molar-refractivity contribution in [3.05, 3.63) is 70.8 Å². The van der Waals surface area contributed by atoms with Gasteiger partial charge in [-0.05, 0) is 55.4 Å². The van der Waals surface area contributed by atoms with Crippen LogP contribution in [0.5, 0.6) is 0 Å². The van der Waals surface area contributed by atoms with Gasteiger partial charge in [-0.3, -0.25) is 0 Å². The van der Waals surface area contributed by atoms with Crippen LogP contribution < -0.4 is 0 Å². The van der Waals surface area contributed by atoms with Gasteiger partial charge in [0.2, 0.25) is 0 Å². The summed E-state index contributed by atoms with van der Waals surface area (Å²) in [6.45, 7) is 5.66. The summed E-state index contributed by atoms with van der Waals surface area (Å²) in [4.78, 5) is 0. The molecule has 0 saturated heterocycles. The average Bonchev–Trinajstić information content (AvgIpc) is 2.55. The summed E-state index contributed by atoms with van der Waals surface area (Å²) in [6, 6.07) is 16.9. The summed E-state index contributed by atoms with van der Waals surface area (Å²) >= 11 is 0. The van der Waals surface area contributed by atoms with Crippen LogP contribution in [0.1, 0.15) is 49.4 Å². The molecule has 0 fully saturated rings. The van der Waals surface area contributed by atoms with Crippen molar-refractivity contribution in [3.63, 3.8) is 0 Å². The van der Waals surface area contributed by atoms with E-state index in [1.165, 1.54) is 23.1 Å². The minimum atomic E-state index is -3.03. The van der Waals surface area contributed by atoms with E-state index < -0.39 is 9.84 Å². The number of sulfone groups is 1. The minimum Gasteiger partial charge on any atom is -0.228 e.